The van der Waals surface area contributed by atoms with Gasteiger partial charge >= 0.3 is 11.9 Å². The normalized spacial score (nSPS) is 54.7. The quantitative estimate of drug-likeness (QED) is 0.283. The van der Waals surface area contributed by atoms with Gasteiger partial charge in [0, 0.05) is 24.2 Å². The molecule has 4 saturated carbocycles. The van der Waals surface area contributed by atoms with Gasteiger partial charge in [0.25, 0.3) is 0 Å². The van der Waals surface area contributed by atoms with Crippen LogP contribution in [0.1, 0.15) is 113 Å². The highest BCUT2D eigenvalue weighted by Gasteiger charge is 2.70. The molecule has 0 amide bonds. The molecule has 0 aromatic heterocycles. The van der Waals surface area contributed by atoms with Gasteiger partial charge in [0.05, 0.1) is 5.41 Å². The van der Waals surface area contributed by atoms with Crippen LogP contribution in [0.25, 0.3) is 0 Å². The monoisotopic (exact) mass is 496 g/mol. The van der Waals surface area contributed by atoms with Crippen molar-refractivity contribution in [2.45, 2.75) is 125 Å². The average Bonchev–Trinajstić information content (AvgIpc) is 3.04. The molecule has 5 fully saturated rings. The summed E-state index contributed by atoms with van der Waals surface area (Å²) >= 11 is 0. The Morgan fingerprint density at radius 2 is 1.64 bits per heavy atom. The fraction of sp³-hybridized carbons (Fsp3) is 0.875. The van der Waals surface area contributed by atoms with Crippen molar-refractivity contribution in [1.82, 2.24) is 0 Å². The molecular weight excluding hydrogens is 448 g/mol. The van der Waals surface area contributed by atoms with Gasteiger partial charge in [-0.25, -0.2) is 0 Å². The van der Waals surface area contributed by atoms with Crippen LogP contribution in [0.2, 0.25) is 0 Å². The van der Waals surface area contributed by atoms with E-state index in [1.54, 1.807) is 12.5 Å². The van der Waals surface area contributed by atoms with Crippen LogP contribution in [0.15, 0.2) is 11.6 Å². The van der Waals surface area contributed by atoms with Crippen molar-refractivity contribution in [3.63, 3.8) is 0 Å². The summed E-state index contributed by atoms with van der Waals surface area (Å²) < 4.78 is 11.9. The maximum atomic E-state index is 12.9. The topological polar surface area (TPSA) is 52.6 Å². The van der Waals surface area contributed by atoms with Crippen molar-refractivity contribution in [1.29, 1.82) is 0 Å². The molecule has 2 bridgehead atoms. The number of hydrogen-bond acceptors (Lipinski definition) is 4. The molecule has 0 aromatic carbocycles. The maximum Gasteiger partial charge on any atom is 0.312 e. The average molecular weight is 497 g/mol. The van der Waals surface area contributed by atoms with Crippen molar-refractivity contribution in [2.24, 2.45) is 50.2 Å². The van der Waals surface area contributed by atoms with Gasteiger partial charge in [0.15, 0.2) is 0 Å². The van der Waals surface area contributed by atoms with E-state index in [0.717, 1.165) is 38.5 Å². The first-order chi connectivity index (χ1) is 16.6. The Morgan fingerprint density at radius 1 is 0.917 bits per heavy atom. The second-order valence-corrected chi connectivity index (χ2v) is 15.7. The molecule has 36 heavy (non-hydrogen) atoms. The summed E-state index contributed by atoms with van der Waals surface area (Å²) in [5.41, 5.74) is 2.08. The lowest BCUT2D eigenvalue weighted by Gasteiger charge is -2.71. The fourth-order valence-electron chi connectivity index (χ4n) is 11.5. The molecule has 6 rings (SSSR count). The Labute approximate surface area is 218 Å². The highest BCUT2D eigenvalue weighted by Crippen LogP contribution is 2.76. The van der Waals surface area contributed by atoms with Gasteiger partial charge in [-0.3, -0.25) is 9.59 Å². The number of esters is 2. The first kappa shape index (κ1) is 25.0. The van der Waals surface area contributed by atoms with Gasteiger partial charge in [-0.05, 0) is 92.3 Å². The van der Waals surface area contributed by atoms with Crippen LogP contribution in [-0.4, -0.2) is 24.1 Å². The molecule has 6 aliphatic rings. The van der Waals surface area contributed by atoms with Crippen LogP contribution in [0.3, 0.4) is 0 Å². The third-order valence-corrected chi connectivity index (χ3v) is 13.9. The minimum absolute atomic E-state index is 0.00904. The molecule has 0 N–H and O–H groups in total. The Morgan fingerprint density at radius 3 is 2.33 bits per heavy atom. The van der Waals surface area contributed by atoms with E-state index in [4.69, 9.17) is 9.47 Å². The zero-order valence-electron chi connectivity index (χ0n) is 24.0. The van der Waals surface area contributed by atoms with Crippen molar-refractivity contribution in [3.05, 3.63) is 11.6 Å². The molecule has 0 aromatic rings. The maximum absolute atomic E-state index is 12.9. The van der Waals surface area contributed by atoms with E-state index in [-0.39, 0.29) is 56.6 Å². The third kappa shape index (κ3) is 2.83. The third-order valence-electron chi connectivity index (χ3n) is 13.9. The van der Waals surface area contributed by atoms with Crippen molar-refractivity contribution < 1.29 is 19.1 Å². The van der Waals surface area contributed by atoms with E-state index >= 15 is 0 Å². The predicted octanol–water partition coefficient (Wildman–Crippen LogP) is 7.26. The summed E-state index contributed by atoms with van der Waals surface area (Å²) in [5.74, 6) is 1.55. The minimum Gasteiger partial charge on any atom is -0.462 e. The summed E-state index contributed by atoms with van der Waals surface area (Å²) in [6.45, 7) is 18.7. The largest absolute Gasteiger partial charge is 0.462 e. The Balaban J connectivity index is 1.39. The van der Waals surface area contributed by atoms with Crippen molar-refractivity contribution >= 4 is 11.9 Å². The van der Waals surface area contributed by atoms with Gasteiger partial charge in [0.1, 0.15) is 12.2 Å². The second kappa shape index (κ2) is 7.20. The smallest absolute Gasteiger partial charge is 0.312 e. The number of hydrogen-bond donors (Lipinski definition) is 0. The molecule has 200 valence electrons. The minimum atomic E-state index is -0.311. The number of carbonyl (C=O) groups is 2. The molecule has 10 atom stereocenters. The lowest BCUT2D eigenvalue weighted by Crippen LogP contribution is -2.65. The molecule has 10 unspecified atom stereocenters. The zero-order valence-corrected chi connectivity index (χ0v) is 24.0. The summed E-state index contributed by atoms with van der Waals surface area (Å²) in [7, 11) is 0. The molecule has 1 heterocycles. The van der Waals surface area contributed by atoms with Crippen LogP contribution < -0.4 is 0 Å². The van der Waals surface area contributed by atoms with Gasteiger partial charge in [-0.1, -0.05) is 53.2 Å². The molecule has 4 nitrogen and oxygen atoms in total. The summed E-state index contributed by atoms with van der Waals surface area (Å²) in [5, 5.41) is 0. The Kier molecular flexibility index (Phi) is 5.00. The van der Waals surface area contributed by atoms with Crippen LogP contribution >= 0.6 is 0 Å². The van der Waals surface area contributed by atoms with Gasteiger partial charge < -0.3 is 9.47 Å². The highest BCUT2D eigenvalue weighted by atomic mass is 16.6. The summed E-state index contributed by atoms with van der Waals surface area (Å²) in [6, 6.07) is 0. The van der Waals surface area contributed by atoms with Gasteiger partial charge in [-0.2, -0.15) is 0 Å². The Bertz CT molecular complexity index is 1040. The van der Waals surface area contributed by atoms with E-state index in [1.165, 1.54) is 19.3 Å². The van der Waals surface area contributed by atoms with Crippen molar-refractivity contribution in [2.75, 3.05) is 0 Å². The van der Waals surface area contributed by atoms with E-state index < -0.39 is 0 Å². The Hall–Kier alpha value is -1.32. The number of rotatable bonds is 1. The molecule has 0 radical (unpaired) electrons. The lowest BCUT2D eigenvalue weighted by atomic mass is 9.33. The van der Waals surface area contributed by atoms with Crippen LogP contribution in [0, 0.1) is 50.2 Å². The van der Waals surface area contributed by atoms with Gasteiger partial charge in [-0.15, -0.1) is 0 Å². The zero-order chi connectivity index (χ0) is 26.1. The number of carbonyl (C=O) groups excluding carboxylic acids is 2. The van der Waals surface area contributed by atoms with Crippen molar-refractivity contribution in [3.8, 4) is 0 Å². The van der Waals surface area contributed by atoms with Crippen LogP contribution in [-0.2, 0) is 19.1 Å². The number of fused-ring (bicyclic) bond motifs is 10. The number of allylic oxidation sites excluding steroid dienone is 2. The molecular formula is C32H48O4. The first-order valence-electron chi connectivity index (χ1n) is 14.7. The van der Waals surface area contributed by atoms with E-state index in [9.17, 15) is 9.59 Å². The van der Waals surface area contributed by atoms with E-state index in [1.807, 2.05) is 0 Å². The molecule has 1 aliphatic heterocycles. The van der Waals surface area contributed by atoms with Crippen LogP contribution in [0.4, 0.5) is 0 Å². The SMILES string of the molecule is CC(=O)OC1CCC2(C)C(CCC3(C)C2CC=C2C4CC5(C)CC(OC5=O)C4(C)CCC23C)C1(C)C. The highest BCUT2D eigenvalue weighted by molar-refractivity contribution is 5.79. The second-order valence-electron chi connectivity index (χ2n) is 15.7. The van der Waals surface area contributed by atoms with Gasteiger partial charge in [0.2, 0.25) is 0 Å². The fourth-order valence-corrected chi connectivity index (χ4v) is 11.5. The first-order valence-corrected chi connectivity index (χ1v) is 14.7. The van der Waals surface area contributed by atoms with E-state index in [2.05, 4.69) is 54.5 Å². The lowest BCUT2D eigenvalue weighted by molar-refractivity contribution is -0.212. The van der Waals surface area contributed by atoms with E-state index in [0.29, 0.717) is 17.8 Å². The summed E-state index contributed by atoms with van der Waals surface area (Å²) in [6.07, 6.45) is 12.7. The molecule has 4 heteroatoms. The molecule has 5 aliphatic carbocycles. The standard InChI is InChI=1S/C32H48O4/c1-19(33)35-24-12-13-30(6)22(27(24,2)3)11-14-32(8)23(30)10-9-20-21-17-28(4)18-25(36-26(28)34)29(21,5)15-16-31(20,32)7/h9,21-25H,10-18H2,1-8H3. The molecule has 0 spiro atoms. The molecule has 1 saturated heterocycles. The van der Waals surface area contributed by atoms with Crippen LogP contribution in [0.5, 0.6) is 0 Å². The summed E-state index contributed by atoms with van der Waals surface area (Å²) in [4.78, 5) is 24.8. The predicted molar refractivity (Wildman–Crippen MR) is 140 cm³/mol. The number of ether oxygens (including phenoxy) is 2.